The smallest absolute Gasteiger partial charge is 0.130 e. The van der Waals surface area contributed by atoms with Gasteiger partial charge < -0.3 is 10.5 Å². The maximum Gasteiger partial charge on any atom is 0.130 e. The summed E-state index contributed by atoms with van der Waals surface area (Å²) in [7, 11) is 0. The fraction of sp³-hybridized carbons (Fsp3) is 0.267. The molecule has 0 fully saturated rings. The van der Waals surface area contributed by atoms with Gasteiger partial charge in [0.25, 0.3) is 0 Å². The van der Waals surface area contributed by atoms with Crippen molar-refractivity contribution in [1.82, 2.24) is 4.98 Å². The maximum atomic E-state index is 5.91. The molecule has 4 heteroatoms. The van der Waals surface area contributed by atoms with E-state index in [4.69, 9.17) is 10.5 Å². The summed E-state index contributed by atoms with van der Waals surface area (Å²) in [6, 6.07) is 10.1. The molecule has 100 valence electrons. The van der Waals surface area contributed by atoms with Crippen molar-refractivity contribution in [3.8, 4) is 5.75 Å². The number of rotatable bonds is 5. The lowest BCUT2D eigenvalue weighted by atomic mass is 10.1. The fourth-order valence-corrected chi connectivity index (χ4v) is 2.14. The topological polar surface area (TPSA) is 48.1 Å². The molecule has 0 aliphatic carbocycles. The van der Waals surface area contributed by atoms with Gasteiger partial charge in [0.1, 0.15) is 12.4 Å². The molecule has 0 saturated carbocycles. The molecular formula is C15H17BrN2O. The van der Waals surface area contributed by atoms with Crippen LogP contribution in [0.15, 0.2) is 41.0 Å². The Bertz CT molecular complexity index is 540. The average Bonchev–Trinajstić information content (AvgIpc) is 2.40. The highest BCUT2D eigenvalue weighted by Crippen LogP contribution is 2.24. The number of aryl methyl sites for hydroxylation is 1. The van der Waals surface area contributed by atoms with E-state index >= 15 is 0 Å². The van der Waals surface area contributed by atoms with E-state index in [2.05, 4.69) is 27.0 Å². The first-order valence-corrected chi connectivity index (χ1v) is 7.02. The zero-order valence-electron chi connectivity index (χ0n) is 10.9. The molecule has 0 radical (unpaired) electrons. The first-order chi connectivity index (χ1) is 9.20. The predicted octanol–water partition coefficient (Wildman–Crippen LogP) is 3.23. The number of hydrogen-bond acceptors (Lipinski definition) is 3. The van der Waals surface area contributed by atoms with E-state index < -0.39 is 0 Å². The monoisotopic (exact) mass is 320 g/mol. The highest BCUT2D eigenvalue weighted by atomic mass is 79.9. The molecule has 19 heavy (non-hydrogen) atoms. The summed E-state index contributed by atoms with van der Waals surface area (Å²) in [5, 5.41) is 0. The minimum absolute atomic E-state index is 0.468. The van der Waals surface area contributed by atoms with Crippen molar-refractivity contribution < 1.29 is 4.74 Å². The molecular weight excluding hydrogens is 304 g/mol. The molecule has 2 aromatic rings. The van der Waals surface area contributed by atoms with Crippen LogP contribution in [0.1, 0.15) is 16.8 Å². The largest absolute Gasteiger partial charge is 0.487 e. The van der Waals surface area contributed by atoms with Crippen molar-refractivity contribution in [3.05, 3.63) is 57.8 Å². The molecule has 0 unspecified atom stereocenters. The number of ether oxygens (including phenoxy) is 1. The first kappa shape index (κ1) is 14.0. The van der Waals surface area contributed by atoms with Gasteiger partial charge in [-0.25, -0.2) is 0 Å². The maximum absolute atomic E-state index is 5.91. The third kappa shape index (κ3) is 3.78. The van der Waals surface area contributed by atoms with Gasteiger partial charge in [0, 0.05) is 10.7 Å². The van der Waals surface area contributed by atoms with Gasteiger partial charge in [0.2, 0.25) is 0 Å². The molecule has 3 nitrogen and oxygen atoms in total. The normalized spacial score (nSPS) is 10.5. The number of benzene rings is 1. The summed E-state index contributed by atoms with van der Waals surface area (Å²) in [5.74, 6) is 0.928. The molecule has 0 bridgehead atoms. The third-order valence-electron chi connectivity index (χ3n) is 2.86. The van der Waals surface area contributed by atoms with Gasteiger partial charge in [-0.05, 0) is 59.1 Å². The number of halogens is 1. The molecule has 0 aliphatic heterocycles. The zero-order valence-corrected chi connectivity index (χ0v) is 12.5. The molecule has 0 amide bonds. The summed E-state index contributed by atoms with van der Waals surface area (Å²) in [5.41, 5.74) is 8.82. The zero-order chi connectivity index (χ0) is 13.7. The molecule has 0 atom stereocenters. The summed E-state index contributed by atoms with van der Waals surface area (Å²) < 4.78 is 6.88. The Hall–Kier alpha value is -1.39. The number of aromatic nitrogens is 1. The van der Waals surface area contributed by atoms with E-state index in [-0.39, 0.29) is 0 Å². The predicted molar refractivity (Wildman–Crippen MR) is 80.2 cm³/mol. The Labute approximate surface area is 121 Å². The van der Waals surface area contributed by atoms with Gasteiger partial charge >= 0.3 is 0 Å². The second kappa shape index (κ2) is 6.68. The Morgan fingerprint density at radius 2 is 2.11 bits per heavy atom. The molecule has 1 aromatic heterocycles. The summed E-state index contributed by atoms with van der Waals surface area (Å²) in [6.45, 7) is 3.14. The Morgan fingerprint density at radius 1 is 1.26 bits per heavy atom. The Morgan fingerprint density at radius 3 is 2.79 bits per heavy atom. The molecule has 1 aromatic carbocycles. The average molecular weight is 321 g/mol. The standard InChI is InChI=1S/C15H17BrN2O/c1-11-3-2-4-12(7-8-17)15(11)19-10-14-6-5-13(16)9-18-14/h2-6,9H,7-8,10,17H2,1H3. The van der Waals surface area contributed by atoms with Crippen LogP contribution in [0, 0.1) is 6.92 Å². The molecule has 2 rings (SSSR count). The fourth-order valence-electron chi connectivity index (χ4n) is 1.91. The van der Waals surface area contributed by atoms with Crippen LogP contribution < -0.4 is 10.5 Å². The Balaban J connectivity index is 2.12. The number of nitrogens with zero attached hydrogens (tertiary/aromatic N) is 1. The van der Waals surface area contributed by atoms with E-state index in [0.717, 1.165) is 33.5 Å². The summed E-state index contributed by atoms with van der Waals surface area (Å²) in [6.07, 6.45) is 2.60. The van der Waals surface area contributed by atoms with Crippen molar-refractivity contribution in [3.63, 3.8) is 0 Å². The Kier molecular flexibility index (Phi) is 4.93. The molecule has 2 N–H and O–H groups in total. The van der Waals surface area contributed by atoms with Gasteiger partial charge in [-0.2, -0.15) is 0 Å². The lowest BCUT2D eigenvalue weighted by Gasteiger charge is -2.13. The SMILES string of the molecule is Cc1cccc(CCN)c1OCc1ccc(Br)cn1. The van der Waals surface area contributed by atoms with E-state index in [0.29, 0.717) is 13.2 Å². The van der Waals surface area contributed by atoms with Crippen molar-refractivity contribution in [2.45, 2.75) is 20.0 Å². The van der Waals surface area contributed by atoms with Crippen molar-refractivity contribution >= 4 is 15.9 Å². The third-order valence-corrected chi connectivity index (χ3v) is 3.33. The van der Waals surface area contributed by atoms with Crippen molar-refractivity contribution in [1.29, 1.82) is 0 Å². The lowest BCUT2D eigenvalue weighted by molar-refractivity contribution is 0.296. The van der Waals surface area contributed by atoms with Crippen LogP contribution in [0.3, 0.4) is 0 Å². The van der Waals surface area contributed by atoms with Gasteiger partial charge in [0.15, 0.2) is 0 Å². The van der Waals surface area contributed by atoms with Gasteiger partial charge in [-0.1, -0.05) is 18.2 Å². The van der Waals surface area contributed by atoms with Crippen LogP contribution in [-0.2, 0) is 13.0 Å². The minimum Gasteiger partial charge on any atom is -0.487 e. The summed E-state index contributed by atoms with van der Waals surface area (Å²) >= 11 is 3.37. The molecule has 0 saturated heterocycles. The second-order valence-electron chi connectivity index (χ2n) is 4.36. The van der Waals surface area contributed by atoms with Crippen molar-refractivity contribution in [2.75, 3.05) is 6.54 Å². The summed E-state index contributed by atoms with van der Waals surface area (Å²) in [4.78, 5) is 4.30. The number of pyridine rings is 1. The molecule has 0 spiro atoms. The highest BCUT2D eigenvalue weighted by molar-refractivity contribution is 9.10. The number of nitrogens with two attached hydrogens (primary N) is 1. The van der Waals surface area contributed by atoms with Crippen molar-refractivity contribution in [2.24, 2.45) is 5.73 Å². The van der Waals surface area contributed by atoms with Crippen LogP contribution in [0.4, 0.5) is 0 Å². The first-order valence-electron chi connectivity index (χ1n) is 6.22. The van der Waals surface area contributed by atoms with E-state index in [1.54, 1.807) is 6.20 Å². The lowest BCUT2D eigenvalue weighted by Crippen LogP contribution is -2.07. The van der Waals surface area contributed by atoms with Gasteiger partial charge in [-0.3, -0.25) is 4.98 Å². The van der Waals surface area contributed by atoms with Crippen LogP contribution in [-0.4, -0.2) is 11.5 Å². The molecule has 0 aliphatic rings. The van der Waals surface area contributed by atoms with Crippen LogP contribution >= 0.6 is 15.9 Å². The second-order valence-corrected chi connectivity index (χ2v) is 5.27. The van der Waals surface area contributed by atoms with Crippen LogP contribution in [0.25, 0.3) is 0 Å². The van der Waals surface area contributed by atoms with E-state index in [1.165, 1.54) is 0 Å². The van der Waals surface area contributed by atoms with E-state index in [1.807, 2.05) is 31.2 Å². The van der Waals surface area contributed by atoms with Crippen LogP contribution in [0.5, 0.6) is 5.75 Å². The minimum atomic E-state index is 0.468. The van der Waals surface area contributed by atoms with Gasteiger partial charge in [-0.15, -0.1) is 0 Å². The quantitative estimate of drug-likeness (QED) is 0.920. The van der Waals surface area contributed by atoms with Gasteiger partial charge in [0.05, 0.1) is 5.69 Å². The number of para-hydroxylation sites is 1. The highest BCUT2D eigenvalue weighted by Gasteiger charge is 2.07. The molecule has 1 heterocycles. The van der Waals surface area contributed by atoms with E-state index in [9.17, 15) is 0 Å². The number of hydrogen-bond donors (Lipinski definition) is 1. The van der Waals surface area contributed by atoms with Crippen LogP contribution in [0.2, 0.25) is 0 Å².